The largest absolute Gasteiger partial charge is 0.394 e. The Bertz CT molecular complexity index is 290. The van der Waals surface area contributed by atoms with E-state index in [0.717, 1.165) is 0 Å². The second-order valence-corrected chi connectivity index (χ2v) is 4.69. The van der Waals surface area contributed by atoms with Crippen molar-refractivity contribution in [1.29, 1.82) is 0 Å². The van der Waals surface area contributed by atoms with Gasteiger partial charge < -0.3 is 30.9 Å². The average molecular weight is 281 g/mol. The van der Waals surface area contributed by atoms with E-state index in [9.17, 15) is 20.1 Å². The van der Waals surface area contributed by atoms with Crippen molar-refractivity contribution in [2.24, 2.45) is 5.73 Å². The standard InChI is InChI=1S/C10H19NO6S/c11-4(3-18)5(13)1-6-8(14)10(16)9(15)7(2-12)17-6/h4,6-10,12,14-16,18H,1-3,11H2/t4-,6-,7+,8-,9+,10+/m0/s1. The summed E-state index contributed by atoms with van der Waals surface area (Å²) in [5.74, 6) is -0.203. The molecule has 0 amide bonds. The zero-order chi connectivity index (χ0) is 13.9. The van der Waals surface area contributed by atoms with Crippen LogP contribution in [0.1, 0.15) is 6.42 Å². The van der Waals surface area contributed by atoms with E-state index in [1.54, 1.807) is 0 Å². The molecular weight excluding hydrogens is 262 g/mol. The summed E-state index contributed by atoms with van der Waals surface area (Å²) >= 11 is 3.88. The lowest BCUT2D eigenvalue weighted by Crippen LogP contribution is -2.59. The molecule has 1 saturated heterocycles. The van der Waals surface area contributed by atoms with Gasteiger partial charge in [0.15, 0.2) is 5.78 Å². The van der Waals surface area contributed by atoms with Crippen LogP contribution in [0, 0.1) is 0 Å². The van der Waals surface area contributed by atoms with Gasteiger partial charge in [0.05, 0.1) is 18.8 Å². The molecule has 0 spiro atoms. The van der Waals surface area contributed by atoms with E-state index in [-0.39, 0.29) is 18.0 Å². The van der Waals surface area contributed by atoms with Crippen LogP contribution in [0.15, 0.2) is 0 Å². The molecule has 6 N–H and O–H groups in total. The molecule has 6 atom stereocenters. The lowest BCUT2D eigenvalue weighted by molar-refractivity contribution is -0.229. The molecule has 0 saturated carbocycles. The molecule has 0 bridgehead atoms. The zero-order valence-electron chi connectivity index (χ0n) is 9.72. The molecule has 18 heavy (non-hydrogen) atoms. The summed E-state index contributed by atoms with van der Waals surface area (Å²) in [5.41, 5.74) is 5.48. The van der Waals surface area contributed by atoms with Crippen LogP contribution in [0.4, 0.5) is 0 Å². The summed E-state index contributed by atoms with van der Waals surface area (Å²) in [7, 11) is 0. The van der Waals surface area contributed by atoms with Crippen LogP contribution in [0.5, 0.6) is 0 Å². The smallest absolute Gasteiger partial charge is 0.153 e. The Labute approximate surface area is 110 Å². The van der Waals surface area contributed by atoms with Crippen molar-refractivity contribution < 1.29 is 30.0 Å². The van der Waals surface area contributed by atoms with Crippen molar-refractivity contribution in [2.75, 3.05) is 12.4 Å². The number of thiol groups is 1. The topological polar surface area (TPSA) is 133 Å². The Morgan fingerprint density at radius 3 is 2.28 bits per heavy atom. The van der Waals surface area contributed by atoms with E-state index in [1.807, 2.05) is 0 Å². The van der Waals surface area contributed by atoms with E-state index in [0.29, 0.717) is 0 Å². The molecule has 0 radical (unpaired) electrons. The molecule has 106 valence electrons. The maximum absolute atomic E-state index is 11.6. The third kappa shape index (κ3) is 3.41. The highest BCUT2D eigenvalue weighted by atomic mass is 32.1. The monoisotopic (exact) mass is 281 g/mol. The number of carbonyl (C=O) groups is 1. The number of ether oxygens (including phenoxy) is 1. The van der Waals surface area contributed by atoms with Crippen LogP contribution in [-0.4, -0.2) is 75.1 Å². The number of aliphatic hydroxyl groups is 4. The van der Waals surface area contributed by atoms with E-state index < -0.39 is 43.2 Å². The molecule has 8 heteroatoms. The van der Waals surface area contributed by atoms with E-state index >= 15 is 0 Å². The fourth-order valence-electron chi connectivity index (χ4n) is 1.80. The van der Waals surface area contributed by atoms with Gasteiger partial charge in [0.2, 0.25) is 0 Å². The number of hydrogen-bond acceptors (Lipinski definition) is 8. The fraction of sp³-hybridized carbons (Fsp3) is 0.900. The number of carbonyl (C=O) groups excluding carboxylic acids is 1. The van der Waals surface area contributed by atoms with Gasteiger partial charge in [-0.3, -0.25) is 4.79 Å². The number of hydrogen-bond donors (Lipinski definition) is 6. The third-order valence-corrected chi connectivity index (χ3v) is 3.40. The van der Waals surface area contributed by atoms with Gasteiger partial charge >= 0.3 is 0 Å². The Balaban J connectivity index is 2.67. The first-order valence-corrected chi connectivity index (χ1v) is 6.25. The molecule has 0 aromatic heterocycles. The molecule has 7 nitrogen and oxygen atoms in total. The summed E-state index contributed by atoms with van der Waals surface area (Å²) in [6.07, 6.45) is -6.51. The van der Waals surface area contributed by atoms with Crippen LogP contribution in [0.25, 0.3) is 0 Å². The lowest BCUT2D eigenvalue weighted by Gasteiger charge is -2.40. The van der Waals surface area contributed by atoms with Gasteiger partial charge in [-0.2, -0.15) is 12.6 Å². The first kappa shape index (κ1) is 15.8. The average Bonchev–Trinajstić information content (AvgIpc) is 2.38. The summed E-state index contributed by atoms with van der Waals surface area (Å²) in [4.78, 5) is 11.6. The minimum absolute atomic E-state index is 0.163. The molecule has 1 aliphatic rings. The SMILES string of the molecule is N[C@@H](CS)C(=O)C[C@@H]1O[C@H](CO)[C@@H](O)[C@H](O)[C@H]1O. The molecule has 1 rings (SSSR count). The molecule has 1 heterocycles. The van der Waals surface area contributed by atoms with E-state index in [2.05, 4.69) is 12.6 Å². The van der Waals surface area contributed by atoms with Crippen molar-refractivity contribution in [3.05, 3.63) is 0 Å². The van der Waals surface area contributed by atoms with Crippen LogP contribution < -0.4 is 5.73 Å². The summed E-state index contributed by atoms with van der Waals surface area (Å²) in [6, 6.07) is -0.777. The summed E-state index contributed by atoms with van der Waals surface area (Å²) in [6.45, 7) is -0.520. The van der Waals surface area contributed by atoms with Gasteiger partial charge in [-0.15, -0.1) is 0 Å². The second kappa shape index (κ2) is 6.80. The Kier molecular flexibility index (Phi) is 5.99. The highest BCUT2D eigenvalue weighted by Crippen LogP contribution is 2.23. The molecule has 0 aromatic carbocycles. The van der Waals surface area contributed by atoms with Gasteiger partial charge in [0.1, 0.15) is 24.4 Å². The Morgan fingerprint density at radius 2 is 1.78 bits per heavy atom. The molecule has 1 fully saturated rings. The molecule has 0 unspecified atom stereocenters. The number of ketones is 1. The predicted molar refractivity (Wildman–Crippen MR) is 65.2 cm³/mol. The number of aliphatic hydroxyl groups excluding tert-OH is 4. The van der Waals surface area contributed by atoms with Crippen molar-refractivity contribution in [3.8, 4) is 0 Å². The fourth-order valence-corrected chi connectivity index (χ4v) is 2.00. The van der Waals surface area contributed by atoms with Crippen LogP contribution in [-0.2, 0) is 9.53 Å². The maximum atomic E-state index is 11.6. The maximum Gasteiger partial charge on any atom is 0.153 e. The van der Waals surface area contributed by atoms with Crippen molar-refractivity contribution in [1.82, 2.24) is 0 Å². The third-order valence-electron chi connectivity index (χ3n) is 3.00. The van der Waals surface area contributed by atoms with Crippen LogP contribution >= 0.6 is 12.6 Å². The van der Waals surface area contributed by atoms with Crippen LogP contribution in [0.2, 0.25) is 0 Å². The second-order valence-electron chi connectivity index (χ2n) is 4.33. The number of Topliss-reactive ketones (excluding diaryl/α,β-unsaturated/α-hetero) is 1. The van der Waals surface area contributed by atoms with Gasteiger partial charge in [0, 0.05) is 12.2 Å². The molecular formula is C10H19NO6S. The van der Waals surface area contributed by atoms with Crippen LogP contribution in [0.3, 0.4) is 0 Å². The zero-order valence-corrected chi connectivity index (χ0v) is 10.6. The minimum atomic E-state index is -1.47. The van der Waals surface area contributed by atoms with E-state index in [4.69, 9.17) is 15.6 Å². The molecule has 0 aliphatic carbocycles. The highest BCUT2D eigenvalue weighted by molar-refractivity contribution is 7.80. The first-order valence-electron chi connectivity index (χ1n) is 5.62. The number of nitrogens with two attached hydrogens (primary N) is 1. The molecule has 0 aromatic rings. The van der Waals surface area contributed by atoms with Gasteiger partial charge in [-0.05, 0) is 0 Å². The highest BCUT2D eigenvalue weighted by Gasteiger charge is 2.44. The van der Waals surface area contributed by atoms with Crippen molar-refractivity contribution in [3.63, 3.8) is 0 Å². The van der Waals surface area contributed by atoms with Gasteiger partial charge in [0.25, 0.3) is 0 Å². The summed E-state index contributed by atoms with van der Waals surface area (Å²) in [5, 5.41) is 37.7. The number of rotatable bonds is 5. The predicted octanol–water partition coefficient (Wildman–Crippen LogP) is -2.95. The first-order chi connectivity index (χ1) is 8.42. The van der Waals surface area contributed by atoms with Crippen molar-refractivity contribution >= 4 is 18.4 Å². The summed E-state index contributed by atoms with van der Waals surface area (Å²) < 4.78 is 5.18. The van der Waals surface area contributed by atoms with Gasteiger partial charge in [-0.25, -0.2) is 0 Å². The quantitative estimate of drug-likeness (QED) is 0.297. The minimum Gasteiger partial charge on any atom is -0.394 e. The lowest BCUT2D eigenvalue weighted by atomic mass is 9.92. The Morgan fingerprint density at radius 1 is 1.22 bits per heavy atom. The normalized spacial score (nSPS) is 38.4. The molecule has 1 aliphatic heterocycles. The van der Waals surface area contributed by atoms with Crippen molar-refractivity contribution in [2.45, 2.75) is 43.0 Å². The van der Waals surface area contributed by atoms with Gasteiger partial charge in [-0.1, -0.05) is 0 Å². The Hall–Kier alpha value is -0.220. The van der Waals surface area contributed by atoms with E-state index in [1.165, 1.54) is 0 Å².